The van der Waals surface area contributed by atoms with Crippen LogP contribution in [0.15, 0.2) is 48.5 Å². The summed E-state index contributed by atoms with van der Waals surface area (Å²) in [6, 6.07) is 16.1. The fourth-order valence-electron chi connectivity index (χ4n) is 3.10. The van der Waals surface area contributed by atoms with E-state index in [2.05, 4.69) is 5.32 Å². The van der Waals surface area contributed by atoms with Crippen LogP contribution in [0.2, 0.25) is 0 Å². The fraction of sp³-hybridized carbons (Fsp3) is 0.300. The van der Waals surface area contributed by atoms with Crippen molar-refractivity contribution in [2.45, 2.75) is 25.4 Å². The first kappa shape index (κ1) is 17.1. The molecule has 0 saturated carbocycles. The molecule has 1 N–H and O–H groups in total. The average molecular weight is 337 g/mol. The molecule has 25 heavy (non-hydrogen) atoms. The van der Waals surface area contributed by atoms with E-state index in [-0.39, 0.29) is 17.8 Å². The van der Waals surface area contributed by atoms with Crippen LogP contribution in [-0.4, -0.2) is 23.9 Å². The predicted octanol–water partition coefficient (Wildman–Crippen LogP) is 3.15. The number of nitrogens with one attached hydrogen (secondary N) is 1. The van der Waals surface area contributed by atoms with Gasteiger partial charge >= 0.3 is 0 Å². The summed E-state index contributed by atoms with van der Waals surface area (Å²) in [4.78, 5) is 13.8. The second-order valence-electron chi connectivity index (χ2n) is 6.21. The summed E-state index contributed by atoms with van der Waals surface area (Å²) in [7, 11) is 0. The van der Waals surface area contributed by atoms with Crippen molar-refractivity contribution in [2.75, 3.05) is 13.1 Å². The molecule has 1 unspecified atom stereocenters. The van der Waals surface area contributed by atoms with Crippen molar-refractivity contribution >= 4 is 5.91 Å². The Morgan fingerprint density at radius 1 is 1.24 bits per heavy atom. The van der Waals surface area contributed by atoms with Crippen molar-refractivity contribution in [3.05, 3.63) is 71.0 Å². The van der Waals surface area contributed by atoms with Gasteiger partial charge in [0.15, 0.2) is 0 Å². The third-order valence-corrected chi connectivity index (χ3v) is 4.49. The smallest absolute Gasteiger partial charge is 0.222 e. The van der Waals surface area contributed by atoms with E-state index in [1.807, 2.05) is 41.3 Å². The van der Waals surface area contributed by atoms with E-state index in [0.29, 0.717) is 30.6 Å². The second kappa shape index (κ2) is 7.91. The number of hydrogen-bond acceptors (Lipinski definition) is 3. The zero-order chi connectivity index (χ0) is 17.6. The van der Waals surface area contributed by atoms with E-state index < -0.39 is 0 Å². The van der Waals surface area contributed by atoms with Gasteiger partial charge < -0.3 is 10.2 Å². The van der Waals surface area contributed by atoms with Gasteiger partial charge in [0.1, 0.15) is 5.82 Å². The standard InChI is InChI=1S/C20H20FN3O/c21-18-9-8-15(12-22)11-17(18)13-23-19(16-5-2-1-3-6-16)14-24-10-4-7-20(24)25/h1-3,5-6,8-9,11,19,23H,4,7,10,13-14H2. The maximum absolute atomic E-state index is 14.0. The van der Waals surface area contributed by atoms with Crippen molar-refractivity contribution in [3.63, 3.8) is 0 Å². The minimum atomic E-state index is -0.337. The van der Waals surface area contributed by atoms with E-state index in [1.165, 1.54) is 12.1 Å². The molecule has 1 fully saturated rings. The lowest BCUT2D eigenvalue weighted by Crippen LogP contribution is -2.35. The number of hydrogen-bond donors (Lipinski definition) is 1. The van der Waals surface area contributed by atoms with Gasteiger partial charge in [0.2, 0.25) is 5.91 Å². The van der Waals surface area contributed by atoms with Crippen LogP contribution >= 0.6 is 0 Å². The Balaban J connectivity index is 1.76. The largest absolute Gasteiger partial charge is 0.341 e. The summed E-state index contributed by atoms with van der Waals surface area (Å²) >= 11 is 0. The first-order chi connectivity index (χ1) is 12.2. The van der Waals surface area contributed by atoms with Crippen LogP contribution in [0.5, 0.6) is 0 Å². The molecule has 1 atom stereocenters. The van der Waals surface area contributed by atoms with Crippen LogP contribution in [0.4, 0.5) is 4.39 Å². The first-order valence-corrected chi connectivity index (χ1v) is 8.42. The molecule has 5 heteroatoms. The van der Waals surface area contributed by atoms with E-state index in [9.17, 15) is 9.18 Å². The molecule has 1 saturated heterocycles. The van der Waals surface area contributed by atoms with Crippen LogP contribution < -0.4 is 5.32 Å². The van der Waals surface area contributed by atoms with Crippen molar-refractivity contribution < 1.29 is 9.18 Å². The minimum Gasteiger partial charge on any atom is -0.341 e. The molecule has 1 aliphatic heterocycles. The van der Waals surface area contributed by atoms with Crippen LogP contribution in [0.1, 0.15) is 35.6 Å². The number of carbonyl (C=O) groups excluding carboxylic acids is 1. The molecule has 1 heterocycles. The van der Waals surface area contributed by atoms with Crippen LogP contribution in [0.25, 0.3) is 0 Å². The van der Waals surface area contributed by atoms with E-state index in [4.69, 9.17) is 5.26 Å². The van der Waals surface area contributed by atoms with Crippen LogP contribution in [0.3, 0.4) is 0 Å². The summed E-state index contributed by atoms with van der Waals surface area (Å²) in [5, 5.41) is 12.3. The van der Waals surface area contributed by atoms with Gasteiger partial charge in [-0.15, -0.1) is 0 Å². The maximum Gasteiger partial charge on any atom is 0.222 e. The highest BCUT2D eigenvalue weighted by molar-refractivity contribution is 5.78. The van der Waals surface area contributed by atoms with E-state index in [0.717, 1.165) is 18.5 Å². The number of benzene rings is 2. The summed E-state index contributed by atoms with van der Waals surface area (Å²) in [5.74, 6) is -0.170. The Morgan fingerprint density at radius 2 is 2.04 bits per heavy atom. The van der Waals surface area contributed by atoms with Crippen molar-refractivity contribution in [1.82, 2.24) is 10.2 Å². The molecular formula is C20H20FN3O. The Morgan fingerprint density at radius 3 is 2.72 bits per heavy atom. The van der Waals surface area contributed by atoms with Gasteiger partial charge in [-0.05, 0) is 30.2 Å². The number of amides is 1. The van der Waals surface area contributed by atoms with Gasteiger partial charge in [0.25, 0.3) is 0 Å². The molecule has 0 spiro atoms. The zero-order valence-electron chi connectivity index (χ0n) is 13.9. The maximum atomic E-state index is 14.0. The average Bonchev–Trinajstić information content (AvgIpc) is 3.05. The Kier molecular flexibility index (Phi) is 5.42. The molecule has 0 radical (unpaired) electrons. The monoisotopic (exact) mass is 337 g/mol. The van der Waals surface area contributed by atoms with Gasteiger partial charge in [0, 0.05) is 31.6 Å². The van der Waals surface area contributed by atoms with Gasteiger partial charge in [-0.2, -0.15) is 5.26 Å². The van der Waals surface area contributed by atoms with Crippen molar-refractivity contribution in [1.29, 1.82) is 5.26 Å². The molecule has 0 bridgehead atoms. The highest BCUT2D eigenvalue weighted by Gasteiger charge is 2.24. The Bertz CT molecular complexity index is 785. The van der Waals surface area contributed by atoms with Crippen LogP contribution in [-0.2, 0) is 11.3 Å². The quantitative estimate of drug-likeness (QED) is 0.881. The SMILES string of the molecule is N#Cc1ccc(F)c(CNC(CN2CCCC2=O)c2ccccc2)c1. The highest BCUT2D eigenvalue weighted by atomic mass is 19.1. The summed E-state index contributed by atoms with van der Waals surface area (Å²) < 4.78 is 14.0. The minimum absolute atomic E-state index is 0.0895. The molecule has 0 aliphatic carbocycles. The number of carbonyl (C=O) groups is 1. The third-order valence-electron chi connectivity index (χ3n) is 4.49. The number of likely N-dealkylation sites (tertiary alicyclic amines) is 1. The molecule has 3 rings (SSSR count). The summed E-state index contributed by atoms with van der Waals surface area (Å²) in [6.07, 6.45) is 1.49. The number of nitriles is 1. The van der Waals surface area contributed by atoms with Crippen molar-refractivity contribution in [2.24, 2.45) is 0 Å². The van der Waals surface area contributed by atoms with Crippen molar-refractivity contribution in [3.8, 4) is 6.07 Å². The summed E-state index contributed by atoms with van der Waals surface area (Å²) in [6.45, 7) is 1.62. The van der Waals surface area contributed by atoms with Gasteiger partial charge in [0.05, 0.1) is 17.7 Å². The molecule has 4 nitrogen and oxygen atoms in total. The Labute approximate surface area is 146 Å². The third kappa shape index (κ3) is 4.23. The van der Waals surface area contributed by atoms with Gasteiger partial charge in [-0.3, -0.25) is 4.79 Å². The lowest BCUT2D eigenvalue weighted by Gasteiger charge is -2.25. The summed E-state index contributed by atoms with van der Waals surface area (Å²) in [5.41, 5.74) is 1.94. The molecule has 128 valence electrons. The molecular weight excluding hydrogens is 317 g/mol. The number of halogens is 1. The molecule has 0 aromatic heterocycles. The molecule has 1 aliphatic rings. The van der Waals surface area contributed by atoms with E-state index >= 15 is 0 Å². The van der Waals surface area contributed by atoms with E-state index in [1.54, 1.807) is 6.07 Å². The highest BCUT2D eigenvalue weighted by Crippen LogP contribution is 2.20. The molecule has 2 aromatic carbocycles. The number of rotatable bonds is 6. The fourth-order valence-corrected chi connectivity index (χ4v) is 3.10. The van der Waals surface area contributed by atoms with Gasteiger partial charge in [-0.25, -0.2) is 4.39 Å². The van der Waals surface area contributed by atoms with Gasteiger partial charge in [-0.1, -0.05) is 30.3 Å². The normalized spacial score (nSPS) is 15.2. The number of nitrogens with zero attached hydrogens (tertiary/aromatic N) is 2. The topological polar surface area (TPSA) is 56.1 Å². The second-order valence-corrected chi connectivity index (χ2v) is 6.21. The lowest BCUT2D eigenvalue weighted by molar-refractivity contribution is -0.128. The predicted molar refractivity (Wildman–Crippen MR) is 93.0 cm³/mol. The molecule has 1 amide bonds. The first-order valence-electron chi connectivity index (χ1n) is 8.42. The lowest BCUT2D eigenvalue weighted by atomic mass is 10.1. The Hall–Kier alpha value is -2.71. The molecule has 2 aromatic rings. The zero-order valence-corrected chi connectivity index (χ0v) is 13.9. The van der Waals surface area contributed by atoms with Crippen LogP contribution in [0, 0.1) is 17.1 Å².